The van der Waals surface area contributed by atoms with E-state index in [1.807, 2.05) is 13.0 Å². The van der Waals surface area contributed by atoms with Crippen LogP contribution in [0.25, 0.3) is 0 Å². The Balaban J connectivity index is 2.75. The van der Waals surface area contributed by atoms with Crippen LogP contribution < -0.4 is 11.1 Å². The molecule has 0 saturated heterocycles. The van der Waals surface area contributed by atoms with Crippen molar-refractivity contribution in [3.8, 4) is 0 Å². The Kier molecular flexibility index (Phi) is 4.03. The van der Waals surface area contributed by atoms with E-state index < -0.39 is 0 Å². The molecule has 0 spiro atoms. The summed E-state index contributed by atoms with van der Waals surface area (Å²) >= 11 is 3.25. The third-order valence-corrected chi connectivity index (χ3v) is 2.25. The van der Waals surface area contributed by atoms with Gasteiger partial charge in [-0.3, -0.25) is 4.79 Å². The number of hydrogen-bond donors (Lipinski definition) is 2. The van der Waals surface area contributed by atoms with Crippen LogP contribution in [0.1, 0.15) is 12.0 Å². The lowest BCUT2D eigenvalue weighted by atomic mass is 10.3. The van der Waals surface area contributed by atoms with Gasteiger partial charge in [-0.2, -0.15) is 0 Å². The molecule has 14 heavy (non-hydrogen) atoms. The molecule has 1 aromatic heterocycles. The number of halogens is 1. The highest BCUT2D eigenvalue weighted by molar-refractivity contribution is 9.10. The number of nitrogens with two attached hydrogens (primary N) is 1. The highest BCUT2D eigenvalue weighted by Crippen LogP contribution is 2.20. The Morgan fingerprint density at radius 1 is 1.71 bits per heavy atom. The molecule has 1 heterocycles. The highest BCUT2D eigenvalue weighted by atomic mass is 79.9. The third kappa shape index (κ3) is 3.08. The molecule has 4 nitrogen and oxygen atoms in total. The summed E-state index contributed by atoms with van der Waals surface area (Å²) in [7, 11) is 0. The number of hydrogen-bond acceptors (Lipinski definition) is 3. The lowest BCUT2D eigenvalue weighted by Gasteiger charge is -2.06. The number of pyridine rings is 1. The van der Waals surface area contributed by atoms with E-state index >= 15 is 0 Å². The topological polar surface area (TPSA) is 68.0 Å². The van der Waals surface area contributed by atoms with Gasteiger partial charge < -0.3 is 11.1 Å². The molecule has 0 radical (unpaired) electrons. The second kappa shape index (κ2) is 5.07. The summed E-state index contributed by atoms with van der Waals surface area (Å²) in [6.07, 6.45) is 2.04. The van der Waals surface area contributed by atoms with E-state index in [1.165, 1.54) is 0 Å². The van der Waals surface area contributed by atoms with Crippen LogP contribution in [0.2, 0.25) is 0 Å². The monoisotopic (exact) mass is 257 g/mol. The molecule has 0 bridgehead atoms. The van der Waals surface area contributed by atoms with Gasteiger partial charge in [-0.25, -0.2) is 4.98 Å². The molecule has 1 rings (SSSR count). The maximum atomic E-state index is 11.2. The van der Waals surface area contributed by atoms with Crippen molar-refractivity contribution in [2.45, 2.75) is 13.3 Å². The summed E-state index contributed by atoms with van der Waals surface area (Å²) in [5.74, 6) is -0.0967. The molecule has 0 aliphatic rings. The minimum atomic E-state index is -0.0967. The molecule has 0 aromatic carbocycles. The van der Waals surface area contributed by atoms with E-state index in [0.717, 1.165) is 5.56 Å². The van der Waals surface area contributed by atoms with Crippen LogP contribution >= 0.6 is 15.9 Å². The Bertz CT molecular complexity index is 341. The van der Waals surface area contributed by atoms with Crippen molar-refractivity contribution in [2.75, 3.05) is 11.9 Å². The third-order valence-electron chi connectivity index (χ3n) is 1.62. The maximum absolute atomic E-state index is 11.2. The van der Waals surface area contributed by atoms with Gasteiger partial charge in [-0.1, -0.05) is 0 Å². The fourth-order valence-electron chi connectivity index (χ4n) is 0.984. The van der Waals surface area contributed by atoms with Gasteiger partial charge in [0.05, 0.1) is 5.69 Å². The Labute approximate surface area is 91.0 Å². The van der Waals surface area contributed by atoms with Crippen LogP contribution in [-0.2, 0) is 4.79 Å². The second-order valence-electron chi connectivity index (χ2n) is 2.94. The normalized spacial score (nSPS) is 9.93. The molecule has 0 unspecified atom stereocenters. The predicted molar refractivity (Wildman–Crippen MR) is 59.0 cm³/mol. The zero-order valence-corrected chi connectivity index (χ0v) is 9.47. The van der Waals surface area contributed by atoms with Crippen molar-refractivity contribution in [1.29, 1.82) is 0 Å². The van der Waals surface area contributed by atoms with E-state index in [9.17, 15) is 4.79 Å². The maximum Gasteiger partial charge on any atom is 0.225 e. The first-order valence-corrected chi connectivity index (χ1v) is 5.05. The fourth-order valence-corrected chi connectivity index (χ4v) is 1.30. The molecule has 1 amide bonds. The average molecular weight is 258 g/mol. The number of aromatic nitrogens is 1. The van der Waals surface area contributed by atoms with E-state index in [4.69, 9.17) is 5.73 Å². The van der Waals surface area contributed by atoms with Crippen molar-refractivity contribution in [3.05, 3.63) is 22.4 Å². The Morgan fingerprint density at radius 2 is 2.43 bits per heavy atom. The van der Waals surface area contributed by atoms with Gasteiger partial charge in [-0.15, -0.1) is 0 Å². The second-order valence-corrected chi connectivity index (χ2v) is 3.69. The first-order chi connectivity index (χ1) is 6.63. The molecule has 0 aliphatic heterocycles. The minimum Gasteiger partial charge on any atom is -0.330 e. The molecule has 0 saturated carbocycles. The van der Waals surface area contributed by atoms with Crippen molar-refractivity contribution < 1.29 is 4.79 Å². The standard InChI is InChI=1S/C9H12BrN3O/c1-6-4-7(9(10)12-5-6)13-8(14)2-3-11/h4-5H,2-3,11H2,1H3,(H,13,14). The van der Waals surface area contributed by atoms with Crippen LogP contribution in [0.4, 0.5) is 5.69 Å². The quantitative estimate of drug-likeness (QED) is 0.806. The lowest BCUT2D eigenvalue weighted by molar-refractivity contribution is -0.116. The molecule has 76 valence electrons. The molecule has 0 atom stereocenters. The average Bonchev–Trinajstić information content (AvgIpc) is 2.12. The minimum absolute atomic E-state index is 0.0967. The SMILES string of the molecule is Cc1cnc(Br)c(NC(=O)CCN)c1. The first kappa shape index (κ1) is 11.1. The smallest absolute Gasteiger partial charge is 0.225 e. The van der Waals surface area contributed by atoms with E-state index in [1.54, 1.807) is 6.20 Å². The number of nitrogens with zero attached hydrogens (tertiary/aromatic N) is 1. The number of amides is 1. The largest absolute Gasteiger partial charge is 0.330 e. The number of carbonyl (C=O) groups is 1. The summed E-state index contributed by atoms with van der Waals surface area (Å²) < 4.78 is 0.633. The van der Waals surface area contributed by atoms with E-state index in [-0.39, 0.29) is 5.91 Å². The number of nitrogens with one attached hydrogen (secondary N) is 1. The number of rotatable bonds is 3. The molecule has 3 N–H and O–H groups in total. The molecular weight excluding hydrogens is 246 g/mol. The summed E-state index contributed by atoms with van der Waals surface area (Å²) in [6.45, 7) is 2.26. The zero-order chi connectivity index (χ0) is 10.6. The highest BCUT2D eigenvalue weighted by Gasteiger charge is 2.05. The zero-order valence-electron chi connectivity index (χ0n) is 7.88. The van der Waals surface area contributed by atoms with Gasteiger partial charge in [0.25, 0.3) is 0 Å². The van der Waals surface area contributed by atoms with Gasteiger partial charge in [-0.05, 0) is 34.5 Å². The molecule has 1 aromatic rings. The Hall–Kier alpha value is -0.940. The Morgan fingerprint density at radius 3 is 3.07 bits per heavy atom. The van der Waals surface area contributed by atoms with Crippen LogP contribution in [0.5, 0.6) is 0 Å². The number of anilines is 1. The lowest BCUT2D eigenvalue weighted by Crippen LogP contribution is -2.16. The van der Waals surface area contributed by atoms with Crippen LogP contribution in [0.15, 0.2) is 16.9 Å². The van der Waals surface area contributed by atoms with Gasteiger partial charge in [0.15, 0.2) is 0 Å². The van der Waals surface area contributed by atoms with Gasteiger partial charge in [0, 0.05) is 19.2 Å². The fraction of sp³-hybridized carbons (Fsp3) is 0.333. The van der Waals surface area contributed by atoms with Crippen LogP contribution in [0.3, 0.4) is 0 Å². The van der Waals surface area contributed by atoms with Crippen molar-refractivity contribution in [1.82, 2.24) is 4.98 Å². The van der Waals surface area contributed by atoms with Gasteiger partial charge in [0.1, 0.15) is 4.60 Å². The van der Waals surface area contributed by atoms with Crippen LogP contribution in [-0.4, -0.2) is 17.4 Å². The summed E-state index contributed by atoms with van der Waals surface area (Å²) in [4.78, 5) is 15.3. The van der Waals surface area contributed by atoms with Crippen molar-refractivity contribution in [3.63, 3.8) is 0 Å². The summed E-state index contributed by atoms with van der Waals surface area (Å²) in [5.41, 5.74) is 6.94. The number of carbonyl (C=O) groups excluding carboxylic acids is 1. The van der Waals surface area contributed by atoms with Crippen LogP contribution in [0, 0.1) is 6.92 Å². The molecular formula is C9H12BrN3O. The molecule has 0 fully saturated rings. The summed E-state index contributed by atoms with van der Waals surface area (Å²) in [6, 6.07) is 1.85. The summed E-state index contributed by atoms with van der Waals surface area (Å²) in [5, 5.41) is 2.72. The predicted octanol–water partition coefficient (Wildman–Crippen LogP) is 1.44. The van der Waals surface area contributed by atoms with Gasteiger partial charge >= 0.3 is 0 Å². The van der Waals surface area contributed by atoms with Crippen molar-refractivity contribution in [2.24, 2.45) is 5.73 Å². The van der Waals surface area contributed by atoms with Crippen molar-refractivity contribution >= 4 is 27.5 Å². The van der Waals surface area contributed by atoms with E-state index in [2.05, 4.69) is 26.2 Å². The first-order valence-electron chi connectivity index (χ1n) is 4.25. The van der Waals surface area contributed by atoms with E-state index in [0.29, 0.717) is 23.3 Å². The molecule has 5 heteroatoms. The van der Waals surface area contributed by atoms with Gasteiger partial charge in [0.2, 0.25) is 5.91 Å². The molecule has 0 aliphatic carbocycles. The number of aryl methyl sites for hydroxylation is 1.